The van der Waals surface area contributed by atoms with Crippen LogP contribution in [0.4, 0.5) is 0 Å². The summed E-state index contributed by atoms with van der Waals surface area (Å²) in [6.45, 7) is 7.22. The van der Waals surface area contributed by atoms with E-state index in [9.17, 15) is 4.79 Å². The Labute approximate surface area is 153 Å². The molecule has 0 radical (unpaired) electrons. The fourth-order valence-corrected chi connectivity index (χ4v) is 2.90. The SMILES string of the molecule is Cc1cc(-c2ccccc2)nc(SCC(=O)NCCCOC(C)C)n1. The zero-order chi connectivity index (χ0) is 18.1. The standard InChI is InChI=1S/C19H25N3O2S/c1-14(2)24-11-7-10-20-18(23)13-25-19-21-15(3)12-17(22-19)16-8-5-4-6-9-16/h4-6,8-9,12,14H,7,10-11,13H2,1-3H3,(H,20,23). The fraction of sp³-hybridized carbons (Fsp3) is 0.421. The third-order valence-corrected chi connectivity index (χ3v) is 4.18. The second kappa shape index (κ2) is 10.2. The van der Waals surface area contributed by atoms with Crippen molar-refractivity contribution in [2.75, 3.05) is 18.9 Å². The molecule has 0 atom stereocenters. The normalized spacial score (nSPS) is 10.9. The minimum Gasteiger partial charge on any atom is -0.379 e. The molecule has 0 aliphatic carbocycles. The number of benzene rings is 1. The van der Waals surface area contributed by atoms with Crippen molar-refractivity contribution in [3.8, 4) is 11.3 Å². The highest BCUT2D eigenvalue weighted by Crippen LogP contribution is 2.21. The van der Waals surface area contributed by atoms with E-state index in [1.54, 1.807) is 0 Å². The number of thioether (sulfide) groups is 1. The molecule has 25 heavy (non-hydrogen) atoms. The summed E-state index contributed by atoms with van der Waals surface area (Å²) in [5.41, 5.74) is 2.81. The van der Waals surface area contributed by atoms with Gasteiger partial charge in [0.1, 0.15) is 0 Å². The van der Waals surface area contributed by atoms with Gasteiger partial charge in [-0.3, -0.25) is 4.79 Å². The predicted molar refractivity (Wildman–Crippen MR) is 102 cm³/mol. The van der Waals surface area contributed by atoms with Gasteiger partial charge in [0.25, 0.3) is 0 Å². The molecule has 0 unspecified atom stereocenters. The first-order valence-electron chi connectivity index (χ1n) is 8.47. The second-order valence-electron chi connectivity index (χ2n) is 5.95. The van der Waals surface area contributed by atoms with Crippen LogP contribution in [0.1, 0.15) is 26.0 Å². The van der Waals surface area contributed by atoms with E-state index in [0.717, 1.165) is 23.4 Å². The average molecular weight is 359 g/mol. The highest BCUT2D eigenvalue weighted by atomic mass is 32.2. The highest BCUT2D eigenvalue weighted by molar-refractivity contribution is 7.99. The van der Waals surface area contributed by atoms with Crippen LogP contribution in [-0.4, -0.2) is 40.9 Å². The summed E-state index contributed by atoms with van der Waals surface area (Å²) < 4.78 is 5.44. The van der Waals surface area contributed by atoms with Gasteiger partial charge >= 0.3 is 0 Å². The monoisotopic (exact) mass is 359 g/mol. The molecule has 2 rings (SSSR count). The number of carbonyl (C=O) groups is 1. The van der Waals surface area contributed by atoms with Crippen LogP contribution in [0.2, 0.25) is 0 Å². The molecule has 0 spiro atoms. The lowest BCUT2D eigenvalue weighted by Crippen LogP contribution is -2.27. The first-order valence-corrected chi connectivity index (χ1v) is 9.45. The summed E-state index contributed by atoms with van der Waals surface area (Å²) in [5.74, 6) is 0.295. The molecule has 0 aliphatic heterocycles. The molecule has 1 heterocycles. The molecular formula is C19H25N3O2S. The smallest absolute Gasteiger partial charge is 0.230 e. The lowest BCUT2D eigenvalue weighted by molar-refractivity contribution is -0.118. The Morgan fingerprint density at radius 1 is 1.24 bits per heavy atom. The van der Waals surface area contributed by atoms with Gasteiger partial charge < -0.3 is 10.1 Å². The molecule has 0 fully saturated rings. The van der Waals surface area contributed by atoms with Gasteiger partial charge in [0.15, 0.2) is 5.16 Å². The number of ether oxygens (including phenoxy) is 1. The van der Waals surface area contributed by atoms with Crippen LogP contribution < -0.4 is 5.32 Å². The molecule has 1 aromatic carbocycles. The summed E-state index contributed by atoms with van der Waals surface area (Å²) in [7, 11) is 0. The van der Waals surface area contributed by atoms with Gasteiger partial charge in [-0.1, -0.05) is 42.1 Å². The summed E-state index contributed by atoms with van der Waals surface area (Å²) in [5, 5.41) is 3.51. The number of aromatic nitrogens is 2. The van der Waals surface area contributed by atoms with Crippen LogP contribution in [0.15, 0.2) is 41.6 Å². The van der Waals surface area contributed by atoms with E-state index in [-0.39, 0.29) is 12.0 Å². The summed E-state index contributed by atoms with van der Waals surface area (Å²) >= 11 is 1.35. The molecule has 6 heteroatoms. The number of nitrogens with one attached hydrogen (secondary N) is 1. The average Bonchev–Trinajstić information content (AvgIpc) is 2.60. The van der Waals surface area contributed by atoms with Gasteiger partial charge in [-0.2, -0.15) is 0 Å². The van der Waals surface area contributed by atoms with Gasteiger partial charge in [0, 0.05) is 24.4 Å². The first kappa shape index (κ1) is 19.4. The van der Waals surface area contributed by atoms with Crippen LogP contribution in [0, 0.1) is 6.92 Å². The third-order valence-electron chi connectivity index (χ3n) is 3.33. The quantitative estimate of drug-likeness (QED) is 0.422. The predicted octanol–water partition coefficient (Wildman–Crippen LogP) is 3.48. The van der Waals surface area contributed by atoms with E-state index in [1.165, 1.54) is 11.8 Å². The summed E-state index contributed by atoms with van der Waals surface area (Å²) in [4.78, 5) is 20.9. The molecule has 0 saturated carbocycles. The Bertz CT molecular complexity index is 678. The van der Waals surface area contributed by atoms with Crippen molar-refractivity contribution in [1.29, 1.82) is 0 Å². The van der Waals surface area contributed by atoms with E-state index >= 15 is 0 Å². The Morgan fingerprint density at radius 3 is 2.72 bits per heavy atom. The fourth-order valence-electron chi connectivity index (χ4n) is 2.16. The molecule has 5 nitrogen and oxygen atoms in total. The van der Waals surface area contributed by atoms with Crippen molar-refractivity contribution in [3.63, 3.8) is 0 Å². The lowest BCUT2D eigenvalue weighted by atomic mass is 10.1. The van der Waals surface area contributed by atoms with Crippen molar-refractivity contribution in [3.05, 3.63) is 42.1 Å². The molecular weight excluding hydrogens is 334 g/mol. The lowest BCUT2D eigenvalue weighted by Gasteiger charge is -2.08. The molecule has 0 saturated heterocycles. The van der Waals surface area contributed by atoms with Crippen molar-refractivity contribution in [1.82, 2.24) is 15.3 Å². The van der Waals surface area contributed by atoms with Crippen LogP contribution in [0.3, 0.4) is 0 Å². The number of nitrogens with zero attached hydrogens (tertiary/aromatic N) is 2. The number of carbonyl (C=O) groups excluding carboxylic acids is 1. The third kappa shape index (κ3) is 7.23. The van der Waals surface area contributed by atoms with Crippen LogP contribution in [0.5, 0.6) is 0 Å². The molecule has 1 N–H and O–H groups in total. The van der Waals surface area contributed by atoms with Gasteiger partial charge in [0.05, 0.1) is 17.6 Å². The van der Waals surface area contributed by atoms with Crippen molar-refractivity contribution >= 4 is 17.7 Å². The molecule has 134 valence electrons. The maximum atomic E-state index is 11.9. The van der Waals surface area contributed by atoms with Gasteiger partial charge in [-0.15, -0.1) is 0 Å². The zero-order valence-electron chi connectivity index (χ0n) is 15.0. The summed E-state index contributed by atoms with van der Waals surface area (Å²) in [6, 6.07) is 11.9. The zero-order valence-corrected chi connectivity index (χ0v) is 15.8. The van der Waals surface area contributed by atoms with E-state index < -0.39 is 0 Å². The number of hydrogen-bond acceptors (Lipinski definition) is 5. The highest BCUT2D eigenvalue weighted by Gasteiger charge is 2.08. The number of amides is 1. The maximum Gasteiger partial charge on any atom is 0.230 e. The second-order valence-corrected chi connectivity index (χ2v) is 6.90. The number of aryl methyl sites for hydroxylation is 1. The minimum atomic E-state index is -0.0130. The number of hydrogen-bond donors (Lipinski definition) is 1. The summed E-state index contributed by atoms with van der Waals surface area (Å²) in [6.07, 6.45) is 1.04. The molecule has 1 amide bonds. The van der Waals surface area contributed by atoms with Gasteiger partial charge in [-0.05, 0) is 33.3 Å². The van der Waals surface area contributed by atoms with Crippen molar-refractivity contribution < 1.29 is 9.53 Å². The van der Waals surface area contributed by atoms with Crippen LogP contribution in [0.25, 0.3) is 11.3 Å². The Morgan fingerprint density at radius 2 is 2.00 bits per heavy atom. The largest absolute Gasteiger partial charge is 0.379 e. The van der Waals surface area contributed by atoms with Crippen LogP contribution >= 0.6 is 11.8 Å². The Balaban J connectivity index is 1.82. The van der Waals surface area contributed by atoms with E-state index in [1.807, 2.05) is 57.2 Å². The molecule has 0 aliphatic rings. The molecule has 2 aromatic rings. The topological polar surface area (TPSA) is 64.1 Å². The first-order chi connectivity index (χ1) is 12.0. The maximum absolute atomic E-state index is 11.9. The van der Waals surface area contributed by atoms with Crippen molar-refractivity contribution in [2.45, 2.75) is 38.5 Å². The Hall–Kier alpha value is -1.92. The van der Waals surface area contributed by atoms with Crippen LogP contribution in [-0.2, 0) is 9.53 Å². The molecule has 0 bridgehead atoms. The van der Waals surface area contributed by atoms with Gasteiger partial charge in [-0.25, -0.2) is 9.97 Å². The Kier molecular flexibility index (Phi) is 7.88. The van der Waals surface area contributed by atoms with Crippen molar-refractivity contribution in [2.24, 2.45) is 0 Å². The number of rotatable bonds is 9. The minimum absolute atomic E-state index is 0.0130. The van der Waals surface area contributed by atoms with E-state index in [4.69, 9.17) is 4.74 Å². The van der Waals surface area contributed by atoms with Gasteiger partial charge in [0.2, 0.25) is 5.91 Å². The molecule has 1 aromatic heterocycles. The van der Waals surface area contributed by atoms with E-state index in [2.05, 4.69) is 15.3 Å². The van der Waals surface area contributed by atoms with E-state index in [0.29, 0.717) is 24.1 Å².